The van der Waals surface area contributed by atoms with Crippen LogP contribution in [0.2, 0.25) is 0 Å². The zero-order valence-corrected chi connectivity index (χ0v) is 12.8. The van der Waals surface area contributed by atoms with E-state index in [4.69, 9.17) is 0 Å². The predicted octanol–water partition coefficient (Wildman–Crippen LogP) is 4.83. The highest BCUT2D eigenvalue weighted by Crippen LogP contribution is 2.44. The molecule has 0 saturated carbocycles. The third-order valence-electron chi connectivity index (χ3n) is 2.71. The molecule has 0 aromatic heterocycles. The molecule has 1 aromatic carbocycles. The Bertz CT molecular complexity index is 374. The van der Waals surface area contributed by atoms with Gasteiger partial charge in [0.25, 0.3) is 0 Å². The topological polar surface area (TPSA) is 0 Å². The average Bonchev–Trinajstić information content (AvgIpc) is 2.06. The second-order valence-corrected chi connectivity index (χ2v) is 7.43. The van der Waals surface area contributed by atoms with Gasteiger partial charge in [0.05, 0.1) is 0 Å². The number of thioether (sulfide) groups is 1. The first-order valence-corrected chi connectivity index (χ1v) is 7.49. The van der Waals surface area contributed by atoms with E-state index in [-0.39, 0.29) is 0 Å². The van der Waals surface area contributed by atoms with Gasteiger partial charge in [0.15, 0.2) is 0 Å². The van der Waals surface area contributed by atoms with Gasteiger partial charge in [0.2, 0.25) is 0 Å². The molecular formula is C11H12BrIS. The van der Waals surface area contributed by atoms with Crippen molar-refractivity contribution in [1.29, 1.82) is 0 Å². The first kappa shape index (κ1) is 11.3. The number of halogens is 2. The number of hydrogen-bond donors (Lipinski definition) is 0. The minimum absolute atomic E-state index is 0.338. The Hall–Kier alpha value is 0.780. The molecule has 0 fully saturated rings. The summed E-state index contributed by atoms with van der Waals surface area (Å²) in [7, 11) is 0. The van der Waals surface area contributed by atoms with Gasteiger partial charge in [-0.2, -0.15) is 0 Å². The molecule has 0 bridgehead atoms. The van der Waals surface area contributed by atoms with E-state index in [2.05, 4.69) is 64.5 Å². The molecule has 0 saturated heterocycles. The first-order valence-electron chi connectivity index (χ1n) is 4.63. The molecule has 0 N–H and O–H groups in total. The SMILES string of the molecule is CC1(C)CCSc2c(I)cc(Br)cc21. The van der Waals surface area contributed by atoms with Gasteiger partial charge in [-0.1, -0.05) is 29.8 Å². The van der Waals surface area contributed by atoms with Gasteiger partial charge in [0.1, 0.15) is 0 Å². The van der Waals surface area contributed by atoms with Crippen LogP contribution in [0.5, 0.6) is 0 Å². The van der Waals surface area contributed by atoms with Crippen LogP contribution in [0.1, 0.15) is 25.8 Å². The van der Waals surface area contributed by atoms with Crippen LogP contribution in [-0.4, -0.2) is 5.75 Å². The molecular weight excluding hydrogens is 371 g/mol. The van der Waals surface area contributed by atoms with Crippen molar-refractivity contribution in [3.63, 3.8) is 0 Å². The molecule has 1 aromatic rings. The van der Waals surface area contributed by atoms with Crippen molar-refractivity contribution in [2.75, 3.05) is 5.75 Å². The molecule has 1 aliphatic rings. The van der Waals surface area contributed by atoms with Crippen LogP contribution in [0.4, 0.5) is 0 Å². The van der Waals surface area contributed by atoms with E-state index in [0.717, 1.165) is 0 Å². The molecule has 0 radical (unpaired) electrons. The molecule has 14 heavy (non-hydrogen) atoms. The Balaban J connectivity index is 2.63. The maximum Gasteiger partial charge on any atom is 0.0280 e. The van der Waals surface area contributed by atoms with Crippen LogP contribution in [0.3, 0.4) is 0 Å². The molecule has 0 spiro atoms. The highest BCUT2D eigenvalue weighted by Gasteiger charge is 2.29. The van der Waals surface area contributed by atoms with Gasteiger partial charge >= 0.3 is 0 Å². The highest BCUT2D eigenvalue weighted by molar-refractivity contribution is 14.1. The summed E-state index contributed by atoms with van der Waals surface area (Å²) in [4.78, 5) is 1.49. The van der Waals surface area contributed by atoms with Crippen LogP contribution in [-0.2, 0) is 5.41 Å². The summed E-state index contributed by atoms with van der Waals surface area (Å²) in [6, 6.07) is 4.48. The lowest BCUT2D eigenvalue weighted by Crippen LogP contribution is -2.23. The predicted molar refractivity (Wildman–Crippen MR) is 75.2 cm³/mol. The summed E-state index contributed by atoms with van der Waals surface area (Å²) in [6.07, 6.45) is 1.27. The Morgan fingerprint density at radius 2 is 2.14 bits per heavy atom. The van der Waals surface area contributed by atoms with Crippen molar-refractivity contribution >= 4 is 50.3 Å². The first-order chi connectivity index (χ1) is 6.50. The van der Waals surface area contributed by atoms with E-state index in [9.17, 15) is 0 Å². The fraction of sp³-hybridized carbons (Fsp3) is 0.455. The van der Waals surface area contributed by atoms with Gasteiger partial charge in [-0.3, -0.25) is 0 Å². The maximum atomic E-state index is 3.58. The molecule has 1 heterocycles. The van der Waals surface area contributed by atoms with Crippen molar-refractivity contribution < 1.29 is 0 Å². The number of rotatable bonds is 0. The Morgan fingerprint density at radius 3 is 2.86 bits per heavy atom. The van der Waals surface area contributed by atoms with E-state index >= 15 is 0 Å². The lowest BCUT2D eigenvalue weighted by atomic mass is 9.82. The van der Waals surface area contributed by atoms with Crippen LogP contribution in [0.25, 0.3) is 0 Å². The van der Waals surface area contributed by atoms with Crippen LogP contribution < -0.4 is 0 Å². The monoisotopic (exact) mass is 382 g/mol. The number of fused-ring (bicyclic) bond motifs is 1. The van der Waals surface area contributed by atoms with Gasteiger partial charge in [-0.05, 0) is 57.9 Å². The third-order valence-corrected chi connectivity index (χ3v) is 5.52. The molecule has 76 valence electrons. The van der Waals surface area contributed by atoms with E-state index in [0.29, 0.717) is 5.41 Å². The molecule has 0 aliphatic carbocycles. The molecule has 0 unspecified atom stereocenters. The maximum absolute atomic E-state index is 3.58. The van der Waals surface area contributed by atoms with Gasteiger partial charge in [0, 0.05) is 12.9 Å². The Morgan fingerprint density at radius 1 is 1.43 bits per heavy atom. The highest BCUT2D eigenvalue weighted by atomic mass is 127. The summed E-state index contributed by atoms with van der Waals surface area (Å²) in [5.41, 5.74) is 1.84. The van der Waals surface area contributed by atoms with E-state index < -0.39 is 0 Å². The van der Waals surface area contributed by atoms with Gasteiger partial charge in [-0.15, -0.1) is 11.8 Å². The fourth-order valence-corrected chi connectivity index (χ4v) is 5.24. The zero-order chi connectivity index (χ0) is 10.3. The van der Waals surface area contributed by atoms with Crippen molar-refractivity contribution in [1.82, 2.24) is 0 Å². The quantitative estimate of drug-likeness (QED) is 0.579. The van der Waals surface area contributed by atoms with Crippen molar-refractivity contribution in [2.24, 2.45) is 0 Å². The standard InChI is InChI=1S/C11H12BrIS/c1-11(2)3-4-14-10-8(11)5-7(12)6-9(10)13/h5-6H,3-4H2,1-2H3. The lowest BCUT2D eigenvalue weighted by Gasteiger charge is -2.32. The van der Waals surface area contributed by atoms with Gasteiger partial charge < -0.3 is 0 Å². The third kappa shape index (κ3) is 2.00. The molecule has 3 heteroatoms. The van der Waals surface area contributed by atoms with Crippen LogP contribution >= 0.6 is 50.3 Å². The average molecular weight is 383 g/mol. The number of hydrogen-bond acceptors (Lipinski definition) is 1. The molecule has 2 rings (SSSR count). The summed E-state index contributed by atoms with van der Waals surface area (Å²) in [5.74, 6) is 1.25. The fourth-order valence-electron chi connectivity index (χ4n) is 1.75. The summed E-state index contributed by atoms with van der Waals surface area (Å²) in [6.45, 7) is 4.68. The Kier molecular flexibility index (Phi) is 3.20. The molecule has 0 atom stereocenters. The molecule has 0 amide bonds. The largest absolute Gasteiger partial charge is 0.125 e. The van der Waals surface area contributed by atoms with E-state index in [1.54, 1.807) is 0 Å². The lowest BCUT2D eigenvalue weighted by molar-refractivity contribution is 0.493. The summed E-state index contributed by atoms with van der Waals surface area (Å²) < 4.78 is 2.58. The number of benzene rings is 1. The van der Waals surface area contributed by atoms with Crippen molar-refractivity contribution in [3.8, 4) is 0 Å². The van der Waals surface area contributed by atoms with Crippen molar-refractivity contribution in [3.05, 3.63) is 25.7 Å². The van der Waals surface area contributed by atoms with Gasteiger partial charge in [-0.25, -0.2) is 0 Å². The summed E-state index contributed by atoms with van der Waals surface area (Å²) >= 11 is 8.01. The molecule has 1 aliphatic heterocycles. The smallest absolute Gasteiger partial charge is 0.0280 e. The van der Waals surface area contributed by atoms with Crippen LogP contribution in [0.15, 0.2) is 21.5 Å². The minimum atomic E-state index is 0.338. The Labute approximate surface area is 112 Å². The second-order valence-electron chi connectivity index (χ2n) is 4.25. The summed E-state index contributed by atoms with van der Waals surface area (Å²) in [5, 5.41) is 0. The van der Waals surface area contributed by atoms with E-state index in [1.165, 1.54) is 30.7 Å². The zero-order valence-electron chi connectivity index (χ0n) is 8.23. The normalized spacial score (nSPS) is 19.1. The second kappa shape index (κ2) is 3.98. The molecule has 0 nitrogen and oxygen atoms in total. The van der Waals surface area contributed by atoms with Crippen molar-refractivity contribution in [2.45, 2.75) is 30.6 Å². The van der Waals surface area contributed by atoms with E-state index in [1.807, 2.05) is 11.8 Å². The van der Waals surface area contributed by atoms with Crippen LogP contribution in [0, 0.1) is 3.57 Å². The minimum Gasteiger partial charge on any atom is -0.125 e.